The van der Waals surface area contributed by atoms with Gasteiger partial charge in [-0.15, -0.1) is 0 Å². The van der Waals surface area contributed by atoms with Crippen molar-refractivity contribution in [1.29, 1.82) is 0 Å². The molecule has 0 unspecified atom stereocenters. The molecule has 0 saturated heterocycles. The molecule has 0 fully saturated rings. The Hall–Kier alpha value is -6.84. The van der Waals surface area contributed by atoms with E-state index in [1.807, 2.05) is 12.1 Å². The SMILES string of the molecule is CC1(C)c2ccccc2-c2ccc(N(c3ccccc3)c3ccc(-c4ccc5c(ccc6nc(-c7ccccc7)c(-c7ccccc7)nc65)c4)cc3)cc21. The van der Waals surface area contributed by atoms with E-state index in [-0.39, 0.29) is 5.41 Å². The van der Waals surface area contributed by atoms with E-state index in [9.17, 15) is 0 Å². The summed E-state index contributed by atoms with van der Waals surface area (Å²) in [5, 5.41) is 2.23. The average molecular weight is 692 g/mol. The number of para-hydroxylation sites is 1. The summed E-state index contributed by atoms with van der Waals surface area (Å²) < 4.78 is 0. The molecule has 0 amide bonds. The molecule has 1 aliphatic rings. The Bertz CT molecular complexity index is 2830. The number of rotatable bonds is 6. The summed E-state index contributed by atoms with van der Waals surface area (Å²) in [5.74, 6) is 0. The molecule has 54 heavy (non-hydrogen) atoms. The molecule has 0 N–H and O–H groups in total. The van der Waals surface area contributed by atoms with E-state index in [1.165, 1.54) is 22.3 Å². The maximum atomic E-state index is 5.32. The van der Waals surface area contributed by atoms with Crippen molar-refractivity contribution in [3.63, 3.8) is 0 Å². The van der Waals surface area contributed by atoms with E-state index in [0.717, 1.165) is 72.5 Å². The zero-order valence-electron chi connectivity index (χ0n) is 30.2. The van der Waals surface area contributed by atoms with Crippen molar-refractivity contribution < 1.29 is 0 Å². The van der Waals surface area contributed by atoms with Gasteiger partial charge in [-0.3, -0.25) is 0 Å². The van der Waals surface area contributed by atoms with E-state index in [0.29, 0.717) is 0 Å². The zero-order chi connectivity index (χ0) is 36.2. The van der Waals surface area contributed by atoms with Gasteiger partial charge in [0.2, 0.25) is 0 Å². The van der Waals surface area contributed by atoms with Gasteiger partial charge in [0.15, 0.2) is 0 Å². The molecule has 10 rings (SSSR count). The number of hydrogen-bond acceptors (Lipinski definition) is 3. The van der Waals surface area contributed by atoms with Gasteiger partial charge >= 0.3 is 0 Å². The second-order valence-electron chi connectivity index (χ2n) is 14.6. The molecular weight excluding hydrogens is 655 g/mol. The summed E-state index contributed by atoms with van der Waals surface area (Å²) in [7, 11) is 0. The van der Waals surface area contributed by atoms with Gasteiger partial charge in [0, 0.05) is 39.0 Å². The van der Waals surface area contributed by atoms with Crippen molar-refractivity contribution in [1.82, 2.24) is 9.97 Å². The van der Waals surface area contributed by atoms with Gasteiger partial charge < -0.3 is 4.90 Å². The van der Waals surface area contributed by atoms with Crippen LogP contribution in [0.15, 0.2) is 188 Å². The fourth-order valence-electron chi connectivity index (χ4n) is 8.28. The zero-order valence-corrected chi connectivity index (χ0v) is 30.2. The monoisotopic (exact) mass is 691 g/mol. The molecule has 0 bridgehead atoms. The first-order valence-electron chi connectivity index (χ1n) is 18.6. The quantitative estimate of drug-likeness (QED) is 0.163. The Morgan fingerprint density at radius 3 is 1.70 bits per heavy atom. The van der Waals surface area contributed by atoms with Crippen LogP contribution in [0.3, 0.4) is 0 Å². The van der Waals surface area contributed by atoms with Crippen LogP contribution >= 0.6 is 0 Å². The Morgan fingerprint density at radius 2 is 0.981 bits per heavy atom. The van der Waals surface area contributed by atoms with Crippen LogP contribution in [0.4, 0.5) is 17.1 Å². The third kappa shape index (κ3) is 5.28. The first kappa shape index (κ1) is 31.9. The average Bonchev–Trinajstić information content (AvgIpc) is 3.47. The molecule has 256 valence electrons. The minimum atomic E-state index is -0.0750. The highest BCUT2D eigenvalue weighted by Crippen LogP contribution is 2.50. The highest BCUT2D eigenvalue weighted by molar-refractivity contribution is 6.06. The molecule has 0 saturated carbocycles. The molecular formula is C51H37N3. The lowest BCUT2D eigenvalue weighted by atomic mass is 9.82. The highest BCUT2D eigenvalue weighted by Gasteiger charge is 2.35. The van der Waals surface area contributed by atoms with Crippen molar-refractivity contribution in [2.75, 3.05) is 4.90 Å². The van der Waals surface area contributed by atoms with Crippen LogP contribution in [0.1, 0.15) is 25.0 Å². The molecule has 1 aliphatic carbocycles. The van der Waals surface area contributed by atoms with Crippen molar-refractivity contribution in [3.8, 4) is 44.8 Å². The van der Waals surface area contributed by atoms with Gasteiger partial charge in [-0.2, -0.15) is 0 Å². The third-order valence-corrected chi connectivity index (χ3v) is 11.0. The Balaban J connectivity index is 1.03. The topological polar surface area (TPSA) is 29.0 Å². The van der Waals surface area contributed by atoms with Crippen molar-refractivity contribution >= 4 is 38.9 Å². The van der Waals surface area contributed by atoms with Crippen LogP contribution in [0.2, 0.25) is 0 Å². The predicted octanol–water partition coefficient (Wildman–Crippen LogP) is 13.6. The molecule has 3 nitrogen and oxygen atoms in total. The van der Waals surface area contributed by atoms with E-state index in [2.05, 4.69) is 195 Å². The van der Waals surface area contributed by atoms with Gasteiger partial charge in [-0.25, -0.2) is 9.97 Å². The van der Waals surface area contributed by atoms with E-state index in [1.54, 1.807) is 0 Å². The van der Waals surface area contributed by atoms with Crippen LogP contribution in [-0.2, 0) is 5.41 Å². The summed E-state index contributed by atoms with van der Waals surface area (Å²) in [6, 6.07) is 67.1. The second-order valence-corrected chi connectivity index (χ2v) is 14.6. The second kappa shape index (κ2) is 12.7. The minimum absolute atomic E-state index is 0.0750. The number of nitrogens with zero attached hydrogens (tertiary/aromatic N) is 3. The predicted molar refractivity (Wildman–Crippen MR) is 226 cm³/mol. The van der Waals surface area contributed by atoms with Gasteiger partial charge in [-0.05, 0) is 87.3 Å². The van der Waals surface area contributed by atoms with Gasteiger partial charge in [0.1, 0.15) is 0 Å². The Morgan fingerprint density at radius 1 is 0.407 bits per heavy atom. The Labute approximate surface area is 315 Å². The summed E-state index contributed by atoms with van der Waals surface area (Å²) in [6.07, 6.45) is 0. The van der Waals surface area contributed by atoms with Crippen molar-refractivity contribution in [2.24, 2.45) is 0 Å². The molecule has 0 radical (unpaired) electrons. The molecule has 1 heterocycles. The van der Waals surface area contributed by atoms with Crippen molar-refractivity contribution in [3.05, 3.63) is 199 Å². The van der Waals surface area contributed by atoms with Gasteiger partial charge in [0.25, 0.3) is 0 Å². The normalized spacial score (nSPS) is 12.8. The third-order valence-electron chi connectivity index (χ3n) is 11.0. The summed E-state index contributed by atoms with van der Waals surface area (Å²) in [5.41, 5.74) is 16.7. The molecule has 0 spiro atoms. The number of fused-ring (bicyclic) bond motifs is 6. The van der Waals surface area contributed by atoms with Gasteiger partial charge in [-0.1, -0.05) is 153 Å². The fraction of sp³-hybridized carbons (Fsp3) is 0.0588. The number of benzene rings is 8. The standard InChI is InChI=1S/C51H37N3/c1-51(2)45-21-13-12-20-43(45)44-30-28-41(33-46(44)51)54(39-18-10-5-11-19-39)40-26-22-34(23-27-40)37-24-29-42-38(32-37)25-31-47-50(42)53-49(36-16-8-4-9-17-36)48(52-47)35-14-6-3-7-15-35/h3-33H,1-2H3. The Kier molecular flexibility index (Phi) is 7.48. The summed E-state index contributed by atoms with van der Waals surface area (Å²) in [4.78, 5) is 12.9. The summed E-state index contributed by atoms with van der Waals surface area (Å²) >= 11 is 0. The molecule has 0 atom stereocenters. The summed E-state index contributed by atoms with van der Waals surface area (Å²) in [6.45, 7) is 4.68. The lowest BCUT2D eigenvalue weighted by Crippen LogP contribution is -2.16. The maximum Gasteiger partial charge on any atom is 0.0973 e. The first-order valence-corrected chi connectivity index (χ1v) is 18.6. The number of hydrogen-bond donors (Lipinski definition) is 0. The largest absolute Gasteiger partial charge is 0.310 e. The molecule has 9 aromatic rings. The molecule has 3 heteroatoms. The van der Waals surface area contributed by atoms with Crippen LogP contribution < -0.4 is 4.90 Å². The number of anilines is 3. The van der Waals surface area contributed by atoms with Crippen LogP contribution in [0, 0.1) is 0 Å². The van der Waals surface area contributed by atoms with E-state index in [4.69, 9.17) is 9.97 Å². The molecule has 0 aliphatic heterocycles. The maximum absolute atomic E-state index is 5.32. The van der Waals surface area contributed by atoms with Crippen molar-refractivity contribution in [2.45, 2.75) is 19.3 Å². The molecule has 1 aromatic heterocycles. The highest BCUT2D eigenvalue weighted by atomic mass is 15.1. The van der Waals surface area contributed by atoms with Gasteiger partial charge in [0.05, 0.1) is 22.4 Å². The van der Waals surface area contributed by atoms with Crippen LogP contribution in [0.25, 0.3) is 66.6 Å². The first-order chi connectivity index (χ1) is 26.5. The number of aromatic nitrogens is 2. The smallest absolute Gasteiger partial charge is 0.0973 e. The fourth-order valence-corrected chi connectivity index (χ4v) is 8.28. The van der Waals surface area contributed by atoms with Crippen LogP contribution in [-0.4, -0.2) is 9.97 Å². The van der Waals surface area contributed by atoms with E-state index >= 15 is 0 Å². The molecule has 8 aromatic carbocycles. The lowest BCUT2D eigenvalue weighted by molar-refractivity contribution is 0.660. The van der Waals surface area contributed by atoms with Crippen LogP contribution in [0.5, 0.6) is 0 Å². The minimum Gasteiger partial charge on any atom is -0.310 e. The lowest BCUT2D eigenvalue weighted by Gasteiger charge is -2.28. The van der Waals surface area contributed by atoms with E-state index < -0.39 is 0 Å².